The zero-order valence-corrected chi connectivity index (χ0v) is 78.4. The van der Waals surface area contributed by atoms with Crippen LogP contribution in [0.2, 0.25) is 0 Å². The van der Waals surface area contributed by atoms with E-state index in [1.807, 2.05) is 84.9 Å². The second kappa shape index (κ2) is 40.3. The molecule has 12 heteroatoms. The lowest BCUT2D eigenvalue weighted by Crippen LogP contribution is -2.10. The molecule has 0 unspecified atom stereocenters. The molecule has 0 atom stereocenters. The molecule has 638 valence electrons. The van der Waals surface area contributed by atoms with E-state index in [0.717, 1.165) is 87.8 Å². The Morgan fingerprint density at radius 2 is 0.557 bits per heavy atom. The molecule has 0 saturated heterocycles. The largest absolute Gasteiger partial charge is 0.456 e. The highest BCUT2D eigenvalue weighted by Crippen LogP contribution is 2.46. The van der Waals surface area contributed by atoms with Crippen LogP contribution in [-0.2, 0) is 6.42 Å². The summed E-state index contributed by atoms with van der Waals surface area (Å²) in [6.45, 7) is 3.18. The molecule has 24 rings (SSSR count). The van der Waals surface area contributed by atoms with Crippen molar-refractivity contribution in [1.29, 1.82) is 0 Å². The van der Waals surface area contributed by atoms with E-state index in [0.29, 0.717) is 0 Å². The van der Waals surface area contributed by atoms with Crippen molar-refractivity contribution >= 4 is 243 Å². The van der Waals surface area contributed by atoms with Gasteiger partial charge >= 0.3 is 0 Å². The lowest BCUT2D eigenvalue weighted by atomic mass is 9.93. The van der Waals surface area contributed by atoms with E-state index in [-0.39, 0.29) is 4.84 Å². The summed E-state index contributed by atoms with van der Waals surface area (Å²) >= 11 is 32.2. The van der Waals surface area contributed by atoms with Gasteiger partial charge in [0.1, 0.15) is 38.3 Å². The van der Waals surface area contributed by atoms with Gasteiger partial charge in [-0.1, -0.05) is 419 Å². The third-order valence-corrected chi connectivity index (χ3v) is 24.1. The number of fused-ring (bicyclic) bond motifs is 18. The van der Waals surface area contributed by atoms with Crippen molar-refractivity contribution in [3.63, 3.8) is 0 Å². The fourth-order valence-corrected chi connectivity index (χ4v) is 17.7. The molecule has 5 nitrogen and oxygen atoms in total. The SMILES string of the molecule is Brc1ccc(-c2ccc(-c3ccccc3)cc2)cc1.Brc1ccc2c(c1)oc1ccccc12.CC(Cl)(Cl)Cl.CC(Cl)Cl.Nc1cc2ccccc2c2ccccc12.c1ccc(-c2ccc(-c3ccc(N(c4ccc5c(c4)oc4ccccc45)c4cc5ccccc5c5ccccc45)cc3)cc2)cc1.c1ccc2c(c1)cc(Cc1ccc3c(c1)oc1ccccc13)c1ccccc12. The van der Waals surface area contributed by atoms with Crippen molar-refractivity contribution in [2.24, 2.45) is 0 Å². The summed E-state index contributed by atoms with van der Waals surface area (Å²) in [6.07, 6.45) is 0.887. The molecule has 0 radical (unpaired) electrons. The number of nitrogen functional groups attached to an aromatic ring is 1. The number of halogens is 7. The number of hydrogen-bond acceptors (Lipinski definition) is 5. The van der Waals surface area contributed by atoms with Gasteiger partial charge in [0.15, 0.2) is 3.79 Å². The Bertz CT molecular complexity index is 8130. The first-order chi connectivity index (χ1) is 63.9. The third-order valence-electron chi connectivity index (χ3n) is 23.1. The molecule has 2 N–H and O–H groups in total. The average molecular weight is 1930 g/mol. The van der Waals surface area contributed by atoms with E-state index < -0.39 is 3.79 Å². The van der Waals surface area contributed by atoms with Gasteiger partial charge in [0.25, 0.3) is 0 Å². The lowest BCUT2D eigenvalue weighted by Gasteiger charge is -2.27. The average Bonchev–Trinajstić information content (AvgIpc) is 1.56. The number of rotatable bonds is 9. The molecular weight excluding hydrogens is 1840 g/mol. The first-order valence-corrected chi connectivity index (χ1v) is 46.7. The van der Waals surface area contributed by atoms with Crippen LogP contribution in [0.5, 0.6) is 0 Å². The second-order valence-electron chi connectivity index (χ2n) is 31.9. The monoisotopic (exact) mass is 1920 g/mol. The predicted octanol–water partition coefficient (Wildman–Crippen LogP) is 38.1. The Labute approximate surface area is 802 Å². The van der Waals surface area contributed by atoms with E-state index in [9.17, 15) is 0 Å². The topological polar surface area (TPSA) is 68.7 Å². The van der Waals surface area contributed by atoms with Gasteiger partial charge in [-0.05, 0) is 221 Å². The van der Waals surface area contributed by atoms with Crippen LogP contribution in [0.3, 0.4) is 0 Å². The number of para-hydroxylation sites is 3. The van der Waals surface area contributed by atoms with Crippen LogP contribution in [0.25, 0.3) is 175 Å². The minimum atomic E-state index is -1.08. The van der Waals surface area contributed by atoms with E-state index >= 15 is 0 Å². The van der Waals surface area contributed by atoms with Crippen molar-refractivity contribution in [1.82, 2.24) is 0 Å². The van der Waals surface area contributed by atoms with Crippen molar-refractivity contribution < 1.29 is 13.3 Å². The van der Waals surface area contributed by atoms with E-state index in [1.54, 1.807) is 6.92 Å². The van der Waals surface area contributed by atoms with Crippen LogP contribution in [0.1, 0.15) is 25.0 Å². The molecule has 0 bridgehead atoms. The Balaban J connectivity index is 0.000000115. The number of alkyl halides is 5. The Hall–Kier alpha value is -13.4. The molecular formula is C119H85Br2Cl5N2O3. The number of nitrogens with two attached hydrogens (primary N) is 1. The number of nitrogens with zero attached hydrogens (tertiary/aromatic N) is 1. The minimum Gasteiger partial charge on any atom is -0.456 e. The fourth-order valence-electron chi connectivity index (χ4n) is 17.1. The third kappa shape index (κ3) is 20.6. The van der Waals surface area contributed by atoms with Gasteiger partial charge in [-0.15, -0.1) is 23.2 Å². The van der Waals surface area contributed by atoms with Crippen LogP contribution in [0, 0.1) is 0 Å². The molecule has 21 aromatic carbocycles. The number of furan rings is 3. The summed E-state index contributed by atoms with van der Waals surface area (Å²) in [7, 11) is 0. The predicted molar refractivity (Wildman–Crippen MR) is 572 cm³/mol. The molecule has 3 heterocycles. The van der Waals surface area contributed by atoms with Crippen molar-refractivity contribution in [2.45, 2.75) is 28.9 Å². The Morgan fingerprint density at radius 3 is 1.02 bits per heavy atom. The second-order valence-corrected chi connectivity index (χ2v) is 38.1. The smallest absolute Gasteiger partial charge is 0.187 e. The van der Waals surface area contributed by atoms with Gasteiger partial charge in [-0.25, -0.2) is 0 Å². The molecule has 3 aromatic heterocycles. The molecule has 0 aliphatic heterocycles. The molecule has 0 spiro atoms. The highest BCUT2D eigenvalue weighted by atomic mass is 79.9. The molecule has 24 aromatic rings. The summed E-state index contributed by atoms with van der Waals surface area (Å²) < 4.78 is 19.2. The molecule has 0 aliphatic rings. The van der Waals surface area contributed by atoms with Crippen LogP contribution in [0.4, 0.5) is 22.7 Å². The van der Waals surface area contributed by atoms with Crippen LogP contribution >= 0.6 is 89.9 Å². The summed E-state index contributed by atoms with van der Waals surface area (Å²) in [6, 6.07) is 158. The molecule has 131 heavy (non-hydrogen) atoms. The molecule has 0 saturated carbocycles. The van der Waals surface area contributed by atoms with Crippen molar-refractivity contribution in [3.05, 3.63) is 469 Å². The highest BCUT2D eigenvalue weighted by Gasteiger charge is 2.21. The maximum Gasteiger partial charge on any atom is 0.187 e. The molecule has 0 fully saturated rings. The van der Waals surface area contributed by atoms with E-state index in [2.05, 4.69) is 401 Å². The van der Waals surface area contributed by atoms with Gasteiger partial charge in [0, 0.05) is 75.2 Å². The highest BCUT2D eigenvalue weighted by molar-refractivity contribution is 9.10. The van der Waals surface area contributed by atoms with Gasteiger partial charge in [0.2, 0.25) is 0 Å². The maximum absolute atomic E-state index is 6.36. The number of hydrogen-bond donors (Lipinski definition) is 1. The zero-order valence-electron chi connectivity index (χ0n) is 71.4. The Kier molecular flexibility index (Phi) is 27.2. The zero-order chi connectivity index (χ0) is 89.9. The first-order valence-electron chi connectivity index (χ1n) is 43.1. The first kappa shape index (κ1) is 88.2. The van der Waals surface area contributed by atoms with Crippen LogP contribution in [0.15, 0.2) is 471 Å². The quantitative estimate of drug-likeness (QED) is 0.0886. The van der Waals surface area contributed by atoms with Crippen molar-refractivity contribution in [3.8, 4) is 44.5 Å². The summed E-state index contributed by atoms with van der Waals surface area (Å²) in [4.78, 5) is 2.14. The van der Waals surface area contributed by atoms with Gasteiger partial charge in [0.05, 0.1) is 5.69 Å². The summed E-state index contributed by atoms with van der Waals surface area (Å²) in [5.74, 6) is 0. The number of anilines is 4. The minimum absolute atomic E-state index is 0.222. The van der Waals surface area contributed by atoms with E-state index in [1.165, 1.54) is 143 Å². The van der Waals surface area contributed by atoms with Crippen molar-refractivity contribution in [2.75, 3.05) is 10.6 Å². The molecule has 0 amide bonds. The maximum atomic E-state index is 6.36. The normalized spacial score (nSPS) is 11.2. The standard InChI is InChI=1S/C44H29NO.C27H18O.C18H13Br.C14H11N.C12H7BrO.C2H3Cl3.C2H4Cl2/c1-2-10-30(11-3-1)31-18-20-32(21-19-31)33-22-24-35(25-23-33)45(36-26-27-41-40-16-8-9-17-43(40)46-44(41)29-36)42-28-34-12-4-5-13-37(34)38-14-6-7-15-39(38)42;1-2-8-21-19(7-1)17-20(22-9-3-4-10-23(21)22)15-18-13-14-25-24-11-5-6-12-26(24)28-27(25)16-18;19-18-12-10-17(11-13-18)16-8-6-15(7-9-16)14-4-2-1-3-5-14;15-14-9-10-5-1-2-6-11(10)12-7-3-4-8-13(12)14;13-8-5-6-10-9-3-1-2-4-11(9)14-12(10)7-8;1-2(3,4)5;1-2(3)4/h1-29H;1-14,16-17H,15H2;1-13H;1-9H,15H2;1-7H;1H3;2H,1H3. The number of benzene rings is 21. The van der Waals surface area contributed by atoms with E-state index in [4.69, 9.17) is 77.0 Å². The fraction of sp³-hybridized carbons (Fsp3) is 0.0420. The summed E-state index contributed by atoms with van der Waals surface area (Å²) in [5, 5.41) is 22.0. The van der Waals surface area contributed by atoms with Gasteiger partial charge in [-0.2, -0.15) is 0 Å². The summed E-state index contributed by atoms with van der Waals surface area (Å²) in [5.41, 5.74) is 28.1. The van der Waals surface area contributed by atoms with Gasteiger partial charge in [-0.3, -0.25) is 0 Å². The molecule has 0 aliphatic carbocycles. The lowest BCUT2D eigenvalue weighted by molar-refractivity contribution is 0.668. The van der Waals surface area contributed by atoms with Crippen LogP contribution < -0.4 is 10.6 Å². The van der Waals surface area contributed by atoms with Crippen LogP contribution in [-0.4, -0.2) is 8.63 Å². The van der Waals surface area contributed by atoms with Gasteiger partial charge < -0.3 is 23.9 Å². The Morgan fingerprint density at radius 1 is 0.267 bits per heavy atom.